The number of para-hydroxylation sites is 1. The normalized spacial score (nSPS) is 16.7. The SMILES string of the molecule is Cl.N[C@@H](Cc1c[nH]c2ccccc12)C(=O)NCC1CCSCC1. The number of fused-ring (bicyclic) bond motifs is 1. The Kier molecular flexibility index (Phi) is 6.81. The fraction of sp³-hybridized carbons (Fsp3) is 0.471. The topological polar surface area (TPSA) is 70.9 Å². The Hall–Kier alpha value is -1.17. The second-order valence-corrected chi connectivity index (χ2v) is 7.20. The molecule has 0 spiro atoms. The quantitative estimate of drug-likeness (QED) is 0.774. The zero-order valence-corrected chi connectivity index (χ0v) is 14.7. The molecule has 1 fully saturated rings. The van der Waals surface area contributed by atoms with Crippen molar-refractivity contribution in [1.82, 2.24) is 10.3 Å². The number of nitrogens with one attached hydrogen (secondary N) is 2. The van der Waals surface area contributed by atoms with Gasteiger partial charge in [-0.15, -0.1) is 12.4 Å². The van der Waals surface area contributed by atoms with E-state index in [1.807, 2.05) is 36.2 Å². The van der Waals surface area contributed by atoms with Gasteiger partial charge in [-0.25, -0.2) is 0 Å². The summed E-state index contributed by atoms with van der Waals surface area (Å²) in [4.78, 5) is 15.4. The van der Waals surface area contributed by atoms with Crippen LogP contribution in [0, 0.1) is 5.92 Å². The Labute approximate surface area is 147 Å². The summed E-state index contributed by atoms with van der Waals surface area (Å²) in [6.07, 6.45) is 4.91. The third kappa shape index (κ3) is 4.66. The highest BCUT2D eigenvalue weighted by Gasteiger charge is 2.19. The van der Waals surface area contributed by atoms with Crippen LogP contribution in [0.4, 0.5) is 0 Å². The maximum atomic E-state index is 12.2. The van der Waals surface area contributed by atoms with Gasteiger partial charge in [-0.05, 0) is 48.3 Å². The van der Waals surface area contributed by atoms with Crippen molar-refractivity contribution in [2.75, 3.05) is 18.1 Å². The van der Waals surface area contributed by atoms with Gasteiger partial charge in [-0.1, -0.05) is 18.2 Å². The van der Waals surface area contributed by atoms with Gasteiger partial charge in [0.05, 0.1) is 6.04 Å². The van der Waals surface area contributed by atoms with E-state index in [0.29, 0.717) is 12.3 Å². The number of carbonyl (C=O) groups excluding carboxylic acids is 1. The van der Waals surface area contributed by atoms with Crippen LogP contribution >= 0.6 is 24.2 Å². The molecule has 1 amide bonds. The van der Waals surface area contributed by atoms with Crippen LogP contribution < -0.4 is 11.1 Å². The minimum absolute atomic E-state index is 0. The standard InChI is InChI=1S/C17H23N3OS.ClH/c18-15(17(21)20-10-12-5-7-22-8-6-12)9-13-11-19-16-4-2-1-3-14(13)16;/h1-4,11-12,15,19H,5-10,18H2,(H,20,21);1H/t15-;/m0./s1. The summed E-state index contributed by atoms with van der Waals surface area (Å²) in [6.45, 7) is 0.765. The molecule has 1 atom stereocenters. The van der Waals surface area contributed by atoms with E-state index in [9.17, 15) is 4.79 Å². The van der Waals surface area contributed by atoms with Crippen LogP contribution in [-0.4, -0.2) is 35.0 Å². The van der Waals surface area contributed by atoms with Crippen molar-refractivity contribution in [3.63, 3.8) is 0 Å². The predicted octanol–water partition coefficient (Wildman–Crippen LogP) is 2.72. The molecule has 0 bridgehead atoms. The van der Waals surface area contributed by atoms with Gasteiger partial charge in [-0.3, -0.25) is 4.79 Å². The second-order valence-electron chi connectivity index (χ2n) is 5.97. The van der Waals surface area contributed by atoms with E-state index in [1.165, 1.54) is 24.3 Å². The van der Waals surface area contributed by atoms with Gasteiger partial charge in [0.1, 0.15) is 0 Å². The minimum Gasteiger partial charge on any atom is -0.361 e. The van der Waals surface area contributed by atoms with Crippen LogP contribution in [0.1, 0.15) is 18.4 Å². The highest BCUT2D eigenvalue weighted by Crippen LogP contribution is 2.22. The molecule has 1 aliphatic heterocycles. The summed E-state index contributed by atoms with van der Waals surface area (Å²) < 4.78 is 0. The number of hydrogen-bond acceptors (Lipinski definition) is 3. The summed E-state index contributed by atoms with van der Waals surface area (Å²) in [7, 11) is 0. The average molecular weight is 354 g/mol. The summed E-state index contributed by atoms with van der Waals surface area (Å²) in [5.74, 6) is 3.00. The van der Waals surface area contributed by atoms with Gasteiger partial charge in [0, 0.05) is 23.6 Å². The summed E-state index contributed by atoms with van der Waals surface area (Å²) >= 11 is 2.00. The lowest BCUT2D eigenvalue weighted by Gasteiger charge is -2.22. The summed E-state index contributed by atoms with van der Waals surface area (Å²) in [5.41, 5.74) is 8.28. The number of rotatable bonds is 5. The first-order valence-corrected chi connectivity index (χ1v) is 9.05. The van der Waals surface area contributed by atoms with E-state index in [2.05, 4.69) is 16.4 Å². The first-order chi connectivity index (χ1) is 10.7. The molecule has 126 valence electrons. The van der Waals surface area contributed by atoms with Crippen molar-refractivity contribution < 1.29 is 4.79 Å². The van der Waals surface area contributed by atoms with Gasteiger partial charge in [-0.2, -0.15) is 11.8 Å². The first-order valence-electron chi connectivity index (χ1n) is 7.90. The van der Waals surface area contributed by atoms with Crippen molar-refractivity contribution in [3.8, 4) is 0 Å². The van der Waals surface area contributed by atoms with Crippen LogP contribution in [0.3, 0.4) is 0 Å². The molecule has 3 rings (SSSR count). The van der Waals surface area contributed by atoms with E-state index in [1.54, 1.807) is 0 Å². The Morgan fingerprint density at radius 2 is 2.09 bits per heavy atom. The molecule has 1 aliphatic rings. The number of H-pyrrole nitrogens is 1. The lowest BCUT2D eigenvalue weighted by Crippen LogP contribution is -2.44. The van der Waals surface area contributed by atoms with E-state index >= 15 is 0 Å². The van der Waals surface area contributed by atoms with E-state index in [4.69, 9.17) is 5.73 Å². The molecule has 1 aromatic heterocycles. The second kappa shape index (κ2) is 8.62. The van der Waals surface area contributed by atoms with E-state index < -0.39 is 6.04 Å². The molecule has 2 aromatic rings. The number of thioether (sulfide) groups is 1. The fourth-order valence-corrected chi connectivity index (χ4v) is 4.16. The predicted molar refractivity (Wildman–Crippen MR) is 100 cm³/mol. The largest absolute Gasteiger partial charge is 0.361 e. The Morgan fingerprint density at radius 1 is 1.35 bits per heavy atom. The average Bonchev–Trinajstić information content (AvgIpc) is 2.97. The van der Waals surface area contributed by atoms with Gasteiger partial charge in [0.25, 0.3) is 0 Å². The lowest BCUT2D eigenvalue weighted by molar-refractivity contribution is -0.122. The molecule has 4 N–H and O–H groups in total. The van der Waals surface area contributed by atoms with E-state index in [0.717, 1.165) is 23.0 Å². The first kappa shape index (κ1) is 18.2. The Bertz CT molecular complexity index is 640. The van der Waals surface area contributed by atoms with Crippen molar-refractivity contribution in [3.05, 3.63) is 36.0 Å². The highest BCUT2D eigenvalue weighted by molar-refractivity contribution is 7.99. The van der Waals surface area contributed by atoms with Gasteiger partial charge < -0.3 is 16.0 Å². The van der Waals surface area contributed by atoms with Crippen molar-refractivity contribution in [1.29, 1.82) is 0 Å². The summed E-state index contributed by atoms with van der Waals surface area (Å²) in [5, 5.41) is 4.18. The number of amides is 1. The molecule has 0 aliphatic carbocycles. The van der Waals surface area contributed by atoms with Crippen molar-refractivity contribution >= 4 is 41.0 Å². The molecule has 4 nitrogen and oxygen atoms in total. The molecule has 0 unspecified atom stereocenters. The number of halogens is 1. The maximum Gasteiger partial charge on any atom is 0.237 e. The lowest BCUT2D eigenvalue weighted by atomic mass is 10.0. The Morgan fingerprint density at radius 3 is 2.87 bits per heavy atom. The van der Waals surface area contributed by atoms with Gasteiger partial charge >= 0.3 is 0 Å². The molecule has 23 heavy (non-hydrogen) atoms. The van der Waals surface area contributed by atoms with Crippen LogP contribution in [0.2, 0.25) is 0 Å². The molecular formula is C17H24ClN3OS. The smallest absolute Gasteiger partial charge is 0.237 e. The monoisotopic (exact) mass is 353 g/mol. The number of aromatic nitrogens is 1. The Balaban J connectivity index is 0.00000192. The van der Waals surface area contributed by atoms with Crippen molar-refractivity contribution in [2.24, 2.45) is 11.7 Å². The van der Waals surface area contributed by atoms with Crippen LogP contribution in [-0.2, 0) is 11.2 Å². The number of benzene rings is 1. The zero-order chi connectivity index (χ0) is 15.4. The maximum absolute atomic E-state index is 12.2. The van der Waals surface area contributed by atoms with Crippen LogP contribution in [0.5, 0.6) is 0 Å². The minimum atomic E-state index is -0.489. The summed E-state index contributed by atoms with van der Waals surface area (Å²) in [6, 6.07) is 7.61. The third-order valence-electron chi connectivity index (χ3n) is 4.36. The molecule has 0 radical (unpaired) electrons. The van der Waals surface area contributed by atoms with Crippen LogP contribution in [0.25, 0.3) is 10.9 Å². The number of nitrogens with two attached hydrogens (primary N) is 1. The zero-order valence-electron chi connectivity index (χ0n) is 13.1. The highest BCUT2D eigenvalue weighted by atomic mass is 35.5. The molecular weight excluding hydrogens is 330 g/mol. The van der Waals surface area contributed by atoms with Gasteiger partial charge in [0.15, 0.2) is 0 Å². The number of carbonyl (C=O) groups is 1. The molecule has 1 saturated heterocycles. The molecule has 1 aromatic carbocycles. The van der Waals surface area contributed by atoms with Crippen LogP contribution in [0.15, 0.2) is 30.5 Å². The van der Waals surface area contributed by atoms with E-state index in [-0.39, 0.29) is 18.3 Å². The fourth-order valence-electron chi connectivity index (χ4n) is 2.96. The van der Waals surface area contributed by atoms with Gasteiger partial charge in [0.2, 0.25) is 5.91 Å². The third-order valence-corrected chi connectivity index (χ3v) is 5.41. The molecule has 0 saturated carbocycles. The molecule has 2 heterocycles. The number of aromatic amines is 1. The molecule has 6 heteroatoms. The van der Waals surface area contributed by atoms with Crippen molar-refractivity contribution in [2.45, 2.75) is 25.3 Å². The number of hydrogen-bond donors (Lipinski definition) is 3.